The van der Waals surface area contributed by atoms with E-state index < -0.39 is 5.97 Å². The number of nitrogens with one attached hydrogen (secondary N) is 1. The van der Waals surface area contributed by atoms with Gasteiger partial charge >= 0.3 is 5.97 Å². The number of hydrogen-bond acceptors (Lipinski definition) is 6. The quantitative estimate of drug-likeness (QED) is 0.905. The van der Waals surface area contributed by atoms with Gasteiger partial charge < -0.3 is 19.9 Å². The Balaban J connectivity index is 1.84. The van der Waals surface area contributed by atoms with Gasteiger partial charge in [-0.05, 0) is 19.1 Å². The van der Waals surface area contributed by atoms with Crippen LogP contribution in [0.3, 0.4) is 0 Å². The van der Waals surface area contributed by atoms with E-state index in [2.05, 4.69) is 10.3 Å². The third kappa shape index (κ3) is 2.39. The molecule has 2 heterocycles. The number of carbonyl (C=O) groups is 1. The summed E-state index contributed by atoms with van der Waals surface area (Å²) in [6, 6.07) is 5.46. The second-order valence-corrected chi connectivity index (χ2v) is 5.22. The zero-order valence-electron chi connectivity index (χ0n) is 10.7. The molecular formula is C13H12N2O4S. The second kappa shape index (κ2) is 5.01. The van der Waals surface area contributed by atoms with E-state index in [1.165, 1.54) is 0 Å². The van der Waals surface area contributed by atoms with Crippen LogP contribution in [0.5, 0.6) is 11.5 Å². The number of thiazole rings is 1. The van der Waals surface area contributed by atoms with Gasteiger partial charge in [0.15, 0.2) is 16.6 Å². The number of carboxylic acids is 1. The lowest BCUT2D eigenvalue weighted by atomic mass is 10.2. The minimum atomic E-state index is -0.963. The molecule has 104 valence electrons. The van der Waals surface area contributed by atoms with Gasteiger partial charge in [0.1, 0.15) is 18.1 Å². The molecule has 0 atom stereocenters. The van der Waals surface area contributed by atoms with Crippen molar-refractivity contribution >= 4 is 28.1 Å². The number of rotatable bonds is 3. The highest BCUT2D eigenvalue weighted by Gasteiger charge is 2.15. The molecule has 3 rings (SSSR count). The van der Waals surface area contributed by atoms with Crippen molar-refractivity contribution in [3.8, 4) is 11.5 Å². The average Bonchev–Trinajstić information content (AvgIpc) is 2.79. The molecule has 6 nitrogen and oxygen atoms in total. The number of aromatic nitrogens is 1. The van der Waals surface area contributed by atoms with E-state index in [1.807, 2.05) is 18.2 Å². The van der Waals surface area contributed by atoms with Crippen LogP contribution in [-0.4, -0.2) is 29.3 Å². The molecule has 1 aromatic heterocycles. The zero-order valence-corrected chi connectivity index (χ0v) is 11.5. The first-order valence-electron chi connectivity index (χ1n) is 6.01. The molecule has 0 bridgehead atoms. The Bertz CT molecular complexity index is 668. The maximum absolute atomic E-state index is 11.0. The summed E-state index contributed by atoms with van der Waals surface area (Å²) in [4.78, 5) is 15.4. The van der Waals surface area contributed by atoms with Crippen molar-refractivity contribution in [1.82, 2.24) is 4.98 Å². The Morgan fingerprint density at radius 2 is 2.10 bits per heavy atom. The molecule has 20 heavy (non-hydrogen) atoms. The SMILES string of the molecule is Cc1nc(Nc2ccc3c(c2)OCCO3)sc1C(=O)O. The number of benzene rings is 1. The smallest absolute Gasteiger partial charge is 0.347 e. The largest absolute Gasteiger partial charge is 0.486 e. The van der Waals surface area contributed by atoms with Crippen LogP contribution in [0.4, 0.5) is 10.8 Å². The van der Waals surface area contributed by atoms with Crippen molar-refractivity contribution in [2.24, 2.45) is 0 Å². The van der Waals surface area contributed by atoms with E-state index in [4.69, 9.17) is 14.6 Å². The number of fused-ring (bicyclic) bond motifs is 1. The monoisotopic (exact) mass is 292 g/mol. The zero-order chi connectivity index (χ0) is 14.1. The van der Waals surface area contributed by atoms with Gasteiger partial charge in [0, 0.05) is 11.8 Å². The van der Waals surface area contributed by atoms with Gasteiger partial charge in [-0.2, -0.15) is 0 Å². The van der Waals surface area contributed by atoms with Crippen molar-refractivity contribution in [2.45, 2.75) is 6.92 Å². The Kier molecular flexibility index (Phi) is 3.19. The fourth-order valence-electron chi connectivity index (χ4n) is 1.89. The molecule has 7 heteroatoms. The summed E-state index contributed by atoms with van der Waals surface area (Å²) in [5.74, 6) is 0.423. The lowest BCUT2D eigenvalue weighted by Crippen LogP contribution is -2.15. The summed E-state index contributed by atoms with van der Waals surface area (Å²) >= 11 is 1.11. The molecule has 2 aromatic rings. The first kappa shape index (κ1) is 12.7. The molecular weight excluding hydrogens is 280 g/mol. The van der Waals surface area contributed by atoms with Gasteiger partial charge in [0.2, 0.25) is 0 Å². The Labute approximate surface area is 119 Å². The predicted molar refractivity (Wildman–Crippen MR) is 74.5 cm³/mol. The number of ether oxygens (including phenoxy) is 2. The highest BCUT2D eigenvalue weighted by Crippen LogP contribution is 2.34. The molecule has 0 saturated carbocycles. The number of aryl methyl sites for hydroxylation is 1. The molecule has 1 aromatic carbocycles. The molecule has 0 spiro atoms. The van der Waals surface area contributed by atoms with Crippen LogP contribution in [0, 0.1) is 6.92 Å². The fraction of sp³-hybridized carbons (Fsp3) is 0.231. The van der Waals surface area contributed by atoms with Crippen molar-refractivity contribution in [3.05, 3.63) is 28.8 Å². The van der Waals surface area contributed by atoms with E-state index in [1.54, 1.807) is 6.92 Å². The molecule has 0 fully saturated rings. The van der Waals surface area contributed by atoms with Crippen LogP contribution in [0.2, 0.25) is 0 Å². The van der Waals surface area contributed by atoms with Crippen LogP contribution in [0.1, 0.15) is 15.4 Å². The summed E-state index contributed by atoms with van der Waals surface area (Å²) in [5, 5.41) is 12.6. The maximum Gasteiger partial charge on any atom is 0.347 e. The van der Waals surface area contributed by atoms with Gasteiger partial charge in [-0.25, -0.2) is 9.78 Å². The van der Waals surface area contributed by atoms with Gasteiger partial charge in [0.05, 0.1) is 5.69 Å². The van der Waals surface area contributed by atoms with Crippen LogP contribution >= 0.6 is 11.3 Å². The highest BCUT2D eigenvalue weighted by molar-refractivity contribution is 7.17. The number of carboxylic acid groups (broad SMARTS) is 1. The standard InChI is InChI=1S/C13H12N2O4S/c1-7-11(12(16)17)20-13(14-7)15-8-2-3-9-10(6-8)19-5-4-18-9/h2-3,6H,4-5H2,1H3,(H,14,15)(H,16,17). The maximum atomic E-state index is 11.0. The van der Waals surface area contributed by atoms with Crippen molar-refractivity contribution < 1.29 is 19.4 Å². The van der Waals surface area contributed by atoms with E-state index >= 15 is 0 Å². The van der Waals surface area contributed by atoms with Gasteiger partial charge in [-0.1, -0.05) is 11.3 Å². The van der Waals surface area contributed by atoms with Crippen LogP contribution in [0.25, 0.3) is 0 Å². The lowest BCUT2D eigenvalue weighted by Gasteiger charge is -2.18. The molecule has 2 N–H and O–H groups in total. The van der Waals surface area contributed by atoms with Crippen molar-refractivity contribution in [1.29, 1.82) is 0 Å². The Morgan fingerprint density at radius 3 is 2.80 bits per heavy atom. The number of anilines is 2. The molecule has 1 aliphatic rings. The van der Waals surface area contributed by atoms with Crippen LogP contribution < -0.4 is 14.8 Å². The first-order valence-corrected chi connectivity index (χ1v) is 6.82. The molecule has 0 aliphatic carbocycles. The summed E-state index contributed by atoms with van der Waals surface area (Å²) in [6.45, 7) is 2.75. The van der Waals surface area contributed by atoms with Gasteiger partial charge in [0.25, 0.3) is 0 Å². The highest BCUT2D eigenvalue weighted by atomic mass is 32.1. The molecule has 0 amide bonds. The topological polar surface area (TPSA) is 80.7 Å². The number of hydrogen-bond donors (Lipinski definition) is 2. The fourth-order valence-corrected chi connectivity index (χ4v) is 2.72. The van der Waals surface area contributed by atoms with Gasteiger partial charge in [-0.3, -0.25) is 0 Å². The third-order valence-electron chi connectivity index (χ3n) is 2.78. The van der Waals surface area contributed by atoms with E-state index in [9.17, 15) is 4.79 Å². The summed E-state index contributed by atoms with van der Waals surface area (Å²) in [5.41, 5.74) is 1.28. The summed E-state index contributed by atoms with van der Waals surface area (Å²) in [7, 11) is 0. The van der Waals surface area contributed by atoms with E-state index in [-0.39, 0.29) is 4.88 Å². The molecule has 0 radical (unpaired) electrons. The predicted octanol–water partition coefficient (Wildman–Crippen LogP) is 2.66. The van der Waals surface area contributed by atoms with E-state index in [0.29, 0.717) is 35.5 Å². The minimum absolute atomic E-state index is 0.241. The average molecular weight is 292 g/mol. The second-order valence-electron chi connectivity index (χ2n) is 4.22. The summed E-state index contributed by atoms with van der Waals surface area (Å²) < 4.78 is 10.9. The number of aromatic carboxylic acids is 1. The summed E-state index contributed by atoms with van der Waals surface area (Å²) in [6.07, 6.45) is 0. The third-order valence-corrected chi connectivity index (χ3v) is 3.85. The van der Waals surface area contributed by atoms with Crippen molar-refractivity contribution in [2.75, 3.05) is 18.5 Å². The Morgan fingerprint density at radius 1 is 1.35 bits per heavy atom. The first-order chi connectivity index (χ1) is 9.63. The van der Waals surface area contributed by atoms with E-state index in [0.717, 1.165) is 17.0 Å². The normalized spacial score (nSPS) is 13.1. The number of nitrogens with zero attached hydrogens (tertiary/aromatic N) is 1. The Hall–Kier alpha value is -2.28. The lowest BCUT2D eigenvalue weighted by molar-refractivity contribution is 0.0701. The van der Waals surface area contributed by atoms with Gasteiger partial charge in [-0.15, -0.1) is 0 Å². The molecule has 0 saturated heterocycles. The molecule has 1 aliphatic heterocycles. The van der Waals surface area contributed by atoms with Crippen LogP contribution in [0.15, 0.2) is 18.2 Å². The van der Waals surface area contributed by atoms with Crippen LogP contribution in [-0.2, 0) is 0 Å². The van der Waals surface area contributed by atoms with Crippen molar-refractivity contribution in [3.63, 3.8) is 0 Å². The molecule has 0 unspecified atom stereocenters. The minimum Gasteiger partial charge on any atom is -0.486 e.